The molecule has 1 amide bonds. The van der Waals surface area contributed by atoms with E-state index in [1.807, 2.05) is 47.9 Å². The summed E-state index contributed by atoms with van der Waals surface area (Å²) in [4.78, 5) is 15.4. The smallest absolute Gasteiger partial charge is 0.238 e. The van der Waals surface area contributed by atoms with Gasteiger partial charge < -0.3 is 5.32 Å². The van der Waals surface area contributed by atoms with Crippen LogP contribution in [0.1, 0.15) is 4.88 Å². The van der Waals surface area contributed by atoms with Gasteiger partial charge in [0.05, 0.1) is 6.54 Å². The quantitative estimate of drug-likeness (QED) is 0.791. The van der Waals surface area contributed by atoms with E-state index < -0.39 is 0 Å². The van der Waals surface area contributed by atoms with Crippen LogP contribution in [-0.4, -0.2) is 23.9 Å². The predicted molar refractivity (Wildman–Crippen MR) is 84.9 cm³/mol. The van der Waals surface area contributed by atoms with Gasteiger partial charge in [0.1, 0.15) is 0 Å². The first-order chi connectivity index (χ1) is 9.78. The number of anilines is 1. The molecular weight excluding hydrogens is 268 g/mol. The van der Waals surface area contributed by atoms with E-state index >= 15 is 0 Å². The number of rotatable bonds is 7. The normalized spacial score (nSPS) is 10.4. The van der Waals surface area contributed by atoms with E-state index in [-0.39, 0.29) is 5.91 Å². The number of thiophene rings is 1. The Bertz CT molecular complexity index is 537. The minimum Gasteiger partial charge on any atom is -0.325 e. The van der Waals surface area contributed by atoms with E-state index in [4.69, 9.17) is 0 Å². The van der Waals surface area contributed by atoms with Gasteiger partial charge in [0.15, 0.2) is 0 Å². The maximum absolute atomic E-state index is 12.0. The van der Waals surface area contributed by atoms with Crippen molar-refractivity contribution in [1.29, 1.82) is 0 Å². The van der Waals surface area contributed by atoms with E-state index in [0.717, 1.165) is 12.2 Å². The highest BCUT2D eigenvalue weighted by molar-refractivity contribution is 7.09. The summed E-state index contributed by atoms with van der Waals surface area (Å²) in [6.45, 7) is 5.58. The fraction of sp³-hybridized carbons (Fsp3) is 0.188. The van der Waals surface area contributed by atoms with E-state index in [1.54, 1.807) is 11.3 Å². The van der Waals surface area contributed by atoms with Gasteiger partial charge in [-0.25, -0.2) is 0 Å². The van der Waals surface area contributed by atoms with Crippen molar-refractivity contribution in [2.24, 2.45) is 0 Å². The molecule has 1 heterocycles. The van der Waals surface area contributed by atoms with Crippen LogP contribution in [0, 0.1) is 0 Å². The molecule has 104 valence electrons. The maximum Gasteiger partial charge on any atom is 0.238 e. The molecule has 4 heteroatoms. The highest BCUT2D eigenvalue weighted by Gasteiger charge is 2.10. The summed E-state index contributed by atoms with van der Waals surface area (Å²) in [7, 11) is 0. The highest BCUT2D eigenvalue weighted by Crippen LogP contribution is 2.12. The standard InChI is InChI=1S/C16H18N2OS/c1-2-10-18(12-15-9-6-11-20-15)13-16(19)17-14-7-4-3-5-8-14/h2-9,11H,1,10,12-13H2,(H,17,19). The molecule has 0 aliphatic rings. The lowest BCUT2D eigenvalue weighted by Crippen LogP contribution is -2.32. The SMILES string of the molecule is C=CCN(CC(=O)Nc1ccccc1)Cc1cccs1. The number of carbonyl (C=O) groups is 1. The number of benzene rings is 1. The Labute approximate surface area is 123 Å². The average Bonchev–Trinajstić information content (AvgIpc) is 2.93. The Morgan fingerprint density at radius 2 is 2.05 bits per heavy atom. The minimum atomic E-state index is -0.00499. The molecule has 2 rings (SSSR count). The average molecular weight is 286 g/mol. The summed E-state index contributed by atoms with van der Waals surface area (Å²) in [5.41, 5.74) is 0.826. The zero-order chi connectivity index (χ0) is 14.2. The van der Waals surface area contributed by atoms with E-state index in [0.29, 0.717) is 13.1 Å². The number of nitrogens with zero attached hydrogens (tertiary/aromatic N) is 1. The van der Waals surface area contributed by atoms with Crippen LogP contribution in [0.15, 0.2) is 60.5 Å². The van der Waals surface area contributed by atoms with Crippen LogP contribution in [-0.2, 0) is 11.3 Å². The van der Waals surface area contributed by atoms with Crippen LogP contribution in [0.25, 0.3) is 0 Å². The second kappa shape index (κ2) is 7.62. The molecule has 0 aliphatic heterocycles. The van der Waals surface area contributed by atoms with Crippen LogP contribution in [0.2, 0.25) is 0 Å². The Kier molecular flexibility index (Phi) is 5.53. The molecule has 0 fully saturated rings. The summed E-state index contributed by atoms with van der Waals surface area (Å²) >= 11 is 1.70. The molecule has 0 spiro atoms. The van der Waals surface area contributed by atoms with Crippen molar-refractivity contribution in [3.63, 3.8) is 0 Å². The zero-order valence-corrected chi connectivity index (χ0v) is 12.1. The molecule has 1 N–H and O–H groups in total. The highest BCUT2D eigenvalue weighted by atomic mass is 32.1. The van der Waals surface area contributed by atoms with Crippen molar-refractivity contribution in [2.45, 2.75) is 6.54 Å². The number of hydrogen-bond donors (Lipinski definition) is 1. The van der Waals surface area contributed by atoms with Crippen LogP contribution in [0.3, 0.4) is 0 Å². The fourth-order valence-electron chi connectivity index (χ4n) is 1.92. The van der Waals surface area contributed by atoms with Crippen LogP contribution in [0.4, 0.5) is 5.69 Å². The van der Waals surface area contributed by atoms with Gasteiger partial charge in [-0.05, 0) is 23.6 Å². The van der Waals surface area contributed by atoms with E-state index in [9.17, 15) is 4.79 Å². The van der Waals surface area contributed by atoms with Gasteiger partial charge in [0, 0.05) is 23.7 Å². The number of amides is 1. The monoisotopic (exact) mass is 286 g/mol. The first kappa shape index (κ1) is 14.5. The molecule has 2 aromatic rings. The Balaban J connectivity index is 1.90. The fourth-order valence-corrected chi connectivity index (χ4v) is 2.66. The molecule has 0 aliphatic carbocycles. The van der Waals surface area contributed by atoms with Crippen molar-refractivity contribution < 1.29 is 4.79 Å². The Morgan fingerprint density at radius 1 is 1.25 bits per heavy atom. The van der Waals surface area contributed by atoms with Gasteiger partial charge in [-0.2, -0.15) is 0 Å². The molecule has 0 atom stereocenters. The molecule has 0 saturated heterocycles. The Hall–Kier alpha value is -1.91. The van der Waals surface area contributed by atoms with Crippen molar-refractivity contribution in [3.8, 4) is 0 Å². The van der Waals surface area contributed by atoms with Crippen LogP contribution in [0.5, 0.6) is 0 Å². The van der Waals surface area contributed by atoms with Crippen molar-refractivity contribution in [1.82, 2.24) is 4.90 Å². The number of para-hydroxylation sites is 1. The second-order valence-electron chi connectivity index (χ2n) is 4.45. The molecule has 1 aromatic carbocycles. The lowest BCUT2D eigenvalue weighted by atomic mass is 10.3. The summed E-state index contributed by atoms with van der Waals surface area (Å²) in [6.07, 6.45) is 1.82. The molecule has 1 aromatic heterocycles. The summed E-state index contributed by atoms with van der Waals surface area (Å²) in [6, 6.07) is 13.6. The summed E-state index contributed by atoms with van der Waals surface area (Å²) < 4.78 is 0. The molecule has 0 saturated carbocycles. The number of hydrogen-bond acceptors (Lipinski definition) is 3. The molecular formula is C16H18N2OS. The summed E-state index contributed by atoms with van der Waals surface area (Å²) in [5.74, 6) is -0.00499. The van der Waals surface area contributed by atoms with Crippen molar-refractivity contribution >= 4 is 22.9 Å². The predicted octanol–water partition coefficient (Wildman–Crippen LogP) is 3.37. The third-order valence-corrected chi connectivity index (χ3v) is 3.63. The molecule has 20 heavy (non-hydrogen) atoms. The first-order valence-electron chi connectivity index (χ1n) is 6.48. The first-order valence-corrected chi connectivity index (χ1v) is 7.36. The van der Waals surface area contributed by atoms with Gasteiger partial charge in [-0.1, -0.05) is 30.3 Å². The topological polar surface area (TPSA) is 32.3 Å². The lowest BCUT2D eigenvalue weighted by Gasteiger charge is -2.19. The minimum absolute atomic E-state index is 0.00499. The van der Waals surface area contributed by atoms with Crippen molar-refractivity contribution in [3.05, 3.63) is 65.4 Å². The van der Waals surface area contributed by atoms with Crippen molar-refractivity contribution in [2.75, 3.05) is 18.4 Å². The maximum atomic E-state index is 12.0. The third-order valence-electron chi connectivity index (χ3n) is 2.77. The van der Waals surface area contributed by atoms with Gasteiger partial charge in [-0.15, -0.1) is 17.9 Å². The van der Waals surface area contributed by atoms with Crippen LogP contribution < -0.4 is 5.32 Å². The lowest BCUT2D eigenvalue weighted by molar-refractivity contribution is -0.117. The third kappa shape index (κ3) is 4.64. The van der Waals surface area contributed by atoms with E-state index in [2.05, 4.69) is 22.9 Å². The zero-order valence-electron chi connectivity index (χ0n) is 11.3. The Morgan fingerprint density at radius 3 is 2.70 bits per heavy atom. The van der Waals surface area contributed by atoms with Crippen LogP contribution >= 0.6 is 11.3 Å². The second-order valence-corrected chi connectivity index (χ2v) is 5.48. The molecule has 0 bridgehead atoms. The molecule has 0 radical (unpaired) electrons. The molecule has 3 nitrogen and oxygen atoms in total. The van der Waals surface area contributed by atoms with Gasteiger partial charge in [0.2, 0.25) is 5.91 Å². The largest absolute Gasteiger partial charge is 0.325 e. The van der Waals surface area contributed by atoms with Gasteiger partial charge in [0.25, 0.3) is 0 Å². The molecule has 0 unspecified atom stereocenters. The van der Waals surface area contributed by atoms with Gasteiger partial charge in [-0.3, -0.25) is 9.69 Å². The number of nitrogens with one attached hydrogen (secondary N) is 1. The summed E-state index contributed by atoms with van der Waals surface area (Å²) in [5, 5.41) is 4.95. The number of carbonyl (C=O) groups excluding carboxylic acids is 1. The van der Waals surface area contributed by atoms with E-state index in [1.165, 1.54) is 4.88 Å². The van der Waals surface area contributed by atoms with Gasteiger partial charge >= 0.3 is 0 Å².